The average Bonchev–Trinajstić information content (AvgIpc) is 2.37. The van der Waals surface area contributed by atoms with Gasteiger partial charge in [-0.05, 0) is 24.4 Å². The van der Waals surface area contributed by atoms with Crippen molar-refractivity contribution in [2.45, 2.75) is 33.2 Å². The van der Waals surface area contributed by atoms with E-state index >= 15 is 0 Å². The van der Waals surface area contributed by atoms with Crippen LogP contribution in [0.5, 0.6) is 0 Å². The molecule has 0 bridgehead atoms. The lowest BCUT2D eigenvalue weighted by Gasteiger charge is -2.27. The second-order valence-electron chi connectivity index (χ2n) is 6.21. The maximum atomic E-state index is 11.5. The molecule has 0 aliphatic heterocycles. The SMILES string of the molecule is CNS(=O)(=O)CCNC(CC(C)(C)C)c1ccccc1. The van der Waals surface area contributed by atoms with E-state index in [0.29, 0.717) is 6.54 Å². The quantitative estimate of drug-likeness (QED) is 0.812. The summed E-state index contributed by atoms with van der Waals surface area (Å²) >= 11 is 0. The summed E-state index contributed by atoms with van der Waals surface area (Å²) in [6.07, 6.45) is 0.955. The summed E-state index contributed by atoms with van der Waals surface area (Å²) < 4.78 is 25.2. The molecule has 5 heteroatoms. The van der Waals surface area contributed by atoms with Gasteiger partial charge in [0.1, 0.15) is 0 Å². The van der Waals surface area contributed by atoms with Crippen LogP contribution < -0.4 is 10.0 Å². The van der Waals surface area contributed by atoms with Gasteiger partial charge >= 0.3 is 0 Å². The molecule has 0 saturated heterocycles. The molecule has 0 fully saturated rings. The first kappa shape index (κ1) is 17.1. The van der Waals surface area contributed by atoms with Gasteiger partial charge in [0, 0.05) is 12.6 Å². The second kappa shape index (κ2) is 7.20. The molecule has 0 saturated carbocycles. The molecule has 20 heavy (non-hydrogen) atoms. The maximum Gasteiger partial charge on any atom is 0.212 e. The lowest BCUT2D eigenvalue weighted by atomic mass is 9.85. The van der Waals surface area contributed by atoms with Gasteiger partial charge in [-0.2, -0.15) is 0 Å². The van der Waals surface area contributed by atoms with Crippen LogP contribution in [0.15, 0.2) is 30.3 Å². The number of nitrogens with one attached hydrogen (secondary N) is 2. The Balaban J connectivity index is 2.70. The highest BCUT2D eigenvalue weighted by Crippen LogP contribution is 2.29. The fourth-order valence-corrected chi connectivity index (χ4v) is 2.67. The van der Waals surface area contributed by atoms with Gasteiger partial charge in [-0.3, -0.25) is 0 Å². The summed E-state index contributed by atoms with van der Waals surface area (Å²) in [7, 11) is -1.71. The first-order valence-corrected chi connectivity index (χ1v) is 8.58. The minimum absolute atomic E-state index is 0.0942. The van der Waals surface area contributed by atoms with E-state index < -0.39 is 10.0 Å². The van der Waals surface area contributed by atoms with E-state index in [1.807, 2.05) is 18.2 Å². The third-order valence-corrected chi connectivity index (χ3v) is 4.45. The van der Waals surface area contributed by atoms with Crippen LogP contribution in [-0.2, 0) is 10.0 Å². The van der Waals surface area contributed by atoms with E-state index in [1.54, 1.807) is 0 Å². The van der Waals surface area contributed by atoms with E-state index in [9.17, 15) is 8.42 Å². The first-order valence-electron chi connectivity index (χ1n) is 6.93. The Bertz CT molecular complexity index is 492. The molecule has 1 rings (SSSR count). The van der Waals surface area contributed by atoms with Crippen molar-refractivity contribution in [1.82, 2.24) is 10.0 Å². The van der Waals surface area contributed by atoms with E-state index in [4.69, 9.17) is 0 Å². The highest BCUT2D eigenvalue weighted by atomic mass is 32.2. The molecule has 0 amide bonds. The lowest BCUT2D eigenvalue weighted by molar-refractivity contribution is 0.314. The van der Waals surface area contributed by atoms with E-state index in [0.717, 1.165) is 6.42 Å². The van der Waals surface area contributed by atoms with Crippen LogP contribution in [0.1, 0.15) is 38.8 Å². The van der Waals surface area contributed by atoms with Gasteiger partial charge in [-0.15, -0.1) is 0 Å². The summed E-state index contributed by atoms with van der Waals surface area (Å²) in [5.41, 5.74) is 1.37. The predicted octanol–water partition coefficient (Wildman–Crippen LogP) is 2.30. The number of hydrogen-bond donors (Lipinski definition) is 2. The van der Waals surface area contributed by atoms with Gasteiger partial charge in [0.15, 0.2) is 0 Å². The van der Waals surface area contributed by atoms with Crippen LogP contribution in [-0.4, -0.2) is 27.8 Å². The Labute approximate surface area is 123 Å². The van der Waals surface area contributed by atoms with Crippen molar-refractivity contribution in [3.05, 3.63) is 35.9 Å². The molecule has 114 valence electrons. The molecule has 1 aromatic carbocycles. The van der Waals surface area contributed by atoms with Gasteiger partial charge in [-0.1, -0.05) is 51.1 Å². The van der Waals surface area contributed by atoms with Crippen LogP contribution in [0, 0.1) is 5.41 Å². The summed E-state index contributed by atoms with van der Waals surface area (Å²) in [6, 6.07) is 10.3. The summed E-state index contributed by atoms with van der Waals surface area (Å²) in [4.78, 5) is 0. The molecule has 0 spiro atoms. The van der Waals surface area contributed by atoms with Gasteiger partial charge < -0.3 is 5.32 Å². The molecule has 1 atom stereocenters. The summed E-state index contributed by atoms with van der Waals surface area (Å²) in [6.45, 7) is 7.01. The molecular weight excluding hydrogens is 272 g/mol. The zero-order valence-corrected chi connectivity index (χ0v) is 13.6. The maximum absolute atomic E-state index is 11.5. The smallest absolute Gasteiger partial charge is 0.212 e. The van der Waals surface area contributed by atoms with Crippen molar-refractivity contribution >= 4 is 10.0 Å². The molecule has 0 aliphatic carbocycles. The van der Waals surface area contributed by atoms with Crippen molar-refractivity contribution < 1.29 is 8.42 Å². The van der Waals surface area contributed by atoms with E-state index in [2.05, 4.69) is 42.9 Å². The zero-order chi connectivity index (χ0) is 15.2. The summed E-state index contributed by atoms with van der Waals surface area (Å²) in [5.74, 6) is 0.0942. The fourth-order valence-electron chi connectivity index (χ4n) is 2.08. The van der Waals surface area contributed by atoms with Gasteiger partial charge in [0.05, 0.1) is 5.75 Å². The topological polar surface area (TPSA) is 58.2 Å². The number of rotatable bonds is 7. The molecule has 1 aromatic rings. The number of hydrogen-bond acceptors (Lipinski definition) is 3. The molecular formula is C15H26N2O2S. The highest BCUT2D eigenvalue weighted by Gasteiger charge is 2.20. The van der Waals surface area contributed by atoms with Gasteiger partial charge in [-0.25, -0.2) is 13.1 Å². The van der Waals surface area contributed by atoms with E-state index in [-0.39, 0.29) is 17.2 Å². The Kier molecular flexibility index (Phi) is 6.17. The molecule has 0 aliphatic rings. The Morgan fingerprint density at radius 1 is 1.15 bits per heavy atom. The van der Waals surface area contributed by atoms with Gasteiger partial charge in [0.25, 0.3) is 0 Å². The van der Waals surface area contributed by atoms with E-state index in [1.165, 1.54) is 12.6 Å². The monoisotopic (exact) mass is 298 g/mol. The van der Waals surface area contributed by atoms with Crippen LogP contribution in [0.2, 0.25) is 0 Å². The van der Waals surface area contributed by atoms with Crippen molar-refractivity contribution in [3.8, 4) is 0 Å². The van der Waals surface area contributed by atoms with Crippen molar-refractivity contribution in [2.75, 3.05) is 19.3 Å². The Hall–Kier alpha value is -0.910. The fraction of sp³-hybridized carbons (Fsp3) is 0.600. The van der Waals surface area contributed by atoms with Crippen LogP contribution in [0.25, 0.3) is 0 Å². The molecule has 1 unspecified atom stereocenters. The number of sulfonamides is 1. The van der Waals surface area contributed by atoms with Gasteiger partial charge in [0.2, 0.25) is 10.0 Å². The lowest BCUT2D eigenvalue weighted by Crippen LogP contribution is -2.33. The molecule has 0 aromatic heterocycles. The molecule has 2 N–H and O–H groups in total. The molecule has 0 heterocycles. The normalized spacial score (nSPS) is 14.2. The largest absolute Gasteiger partial charge is 0.309 e. The van der Waals surface area contributed by atoms with Crippen molar-refractivity contribution in [2.24, 2.45) is 5.41 Å². The van der Waals surface area contributed by atoms with Crippen LogP contribution in [0.4, 0.5) is 0 Å². The Morgan fingerprint density at radius 2 is 1.75 bits per heavy atom. The minimum Gasteiger partial charge on any atom is -0.309 e. The van der Waals surface area contributed by atoms with Crippen molar-refractivity contribution in [1.29, 1.82) is 0 Å². The minimum atomic E-state index is -3.15. The first-order chi connectivity index (χ1) is 9.23. The van der Waals surface area contributed by atoms with Crippen molar-refractivity contribution in [3.63, 3.8) is 0 Å². The Morgan fingerprint density at radius 3 is 2.25 bits per heavy atom. The summed E-state index contributed by atoms with van der Waals surface area (Å²) in [5, 5.41) is 3.36. The second-order valence-corrected chi connectivity index (χ2v) is 8.25. The average molecular weight is 298 g/mol. The van der Waals surface area contributed by atoms with Crippen LogP contribution >= 0.6 is 0 Å². The third kappa shape index (κ3) is 6.50. The highest BCUT2D eigenvalue weighted by molar-refractivity contribution is 7.89. The predicted molar refractivity (Wildman–Crippen MR) is 84.1 cm³/mol. The third-order valence-electron chi connectivity index (χ3n) is 3.09. The van der Waals surface area contributed by atoms with Crippen LogP contribution in [0.3, 0.4) is 0 Å². The molecule has 4 nitrogen and oxygen atoms in total. The zero-order valence-electron chi connectivity index (χ0n) is 12.8. The standard InChI is InChI=1S/C15H26N2O2S/c1-15(2,3)12-14(13-8-6-5-7-9-13)17-10-11-20(18,19)16-4/h5-9,14,16-17H,10-12H2,1-4H3. The number of benzene rings is 1. The molecule has 0 radical (unpaired) electrons.